The second-order valence-electron chi connectivity index (χ2n) is 6.97. The van der Waals surface area contributed by atoms with Crippen LogP contribution in [0.1, 0.15) is 33.5 Å². The highest BCUT2D eigenvalue weighted by Gasteiger charge is 2.14. The molecule has 0 fully saturated rings. The fourth-order valence-corrected chi connectivity index (χ4v) is 3.38. The minimum atomic E-state index is -0.120. The van der Waals surface area contributed by atoms with E-state index in [9.17, 15) is 9.59 Å². The molecule has 5 heteroatoms. The van der Waals surface area contributed by atoms with E-state index < -0.39 is 0 Å². The smallest absolute Gasteiger partial charge is 0.251 e. The molecule has 0 spiro atoms. The van der Waals surface area contributed by atoms with Gasteiger partial charge in [0, 0.05) is 44.9 Å². The molecule has 0 bridgehead atoms. The molecule has 0 unspecified atom stereocenters. The van der Waals surface area contributed by atoms with E-state index in [0.29, 0.717) is 12.1 Å². The number of carbonyl (C=O) groups excluding carboxylic acids is 2. The first kappa shape index (κ1) is 19.8. The zero-order valence-corrected chi connectivity index (χ0v) is 16.3. The van der Waals surface area contributed by atoms with Gasteiger partial charge < -0.3 is 10.6 Å². The van der Waals surface area contributed by atoms with Crippen LogP contribution in [-0.2, 0) is 17.8 Å². The molecule has 0 aliphatic carbocycles. The topological polar surface area (TPSA) is 61.4 Å². The number of benzene rings is 2. The monoisotopic (exact) mass is 377 g/mol. The second-order valence-corrected chi connectivity index (χ2v) is 6.97. The molecule has 0 saturated heterocycles. The molecular weight excluding hydrogens is 350 g/mol. The van der Waals surface area contributed by atoms with Crippen LogP contribution in [0.5, 0.6) is 0 Å². The molecule has 146 valence electrons. The summed E-state index contributed by atoms with van der Waals surface area (Å²) in [5.41, 5.74) is 4.36. The molecule has 2 amide bonds. The van der Waals surface area contributed by atoms with Crippen molar-refractivity contribution in [2.45, 2.75) is 19.4 Å². The van der Waals surface area contributed by atoms with Crippen molar-refractivity contribution in [2.75, 3.05) is 26.7 Å². The molecule has 3 rings (SSSR count). The largest absolute Gasteiger partial charge is 0.355 e. The summed E-state index contributed by atoms with van der Waals surface area (Å²) in [4.78, 5) is 25.9. The molecule has 2 aromatic carbocycles. The van der Waals surface area contributed by atoms with E-state index in [1.54, 1.807) is 25.3 Å². The summed E-state index contributed by atoms with van der Waals surface area (Å²) in [6, 6.07) is 15.8. The van der Waals surface area contributed by atoms with Crippen molar-refractivity contribution < 1.29 is 9.59 Å². The van der Waals surface area contributed by atoms with E-state index in [-0.39, 0.29) is 11.8 Å². The van der Waals surface area contributed by atoms with E-state index in [0.717, 1.165) is 38.0 Å². The van der Waals surface area contributed by atoms with E-state index in [2.05, 4.69) is 39.8 Å². The van der Waals surface area contributed by atoms with Gasteiger partial charge in [-0.15, -0.1) is 0 Å². The number of nitrogens with zero attached hydrogens (tertiary/aromatic N) is 1. The summed E-state index contributed by atoms with van der Waals surface area (Å²) in [5.74, 6) is -0.218. The molecule has 0 saturated carbocycles. The summed E-state index contributed by atoms with van der Waals surface area (Å²) in [7, 11) is 1.60. The molecule has 1 heterocycles. The predicted octanol–water partition coefficient (Wildman–Crippen LogP) is 2.62. The van der Waals surface area contributed by atoms with Gasteiger partial charge in [-0.3, -0.25) is 14.5 Å². The van der Waals surface area contributed by atoms with Crippen molar-refractivity contribution in [2.24, 2.45) is 0 Å². The fourth-order valence-electron chi connectivity index (χ4n) is 3.38. The first-order chi connectivity index (χ1) is 13.7. The van der Waals surface area contributed by atoms with Crippen molar-refractivity contribution in [3.05, 3.63) is 76.9 Å². The molecule has 0 radical (unpaired) electrons. The van der Waals surface area contributed by atoms with E-state index in [4.69, 9.17) is 0 Å². The van der Waals surface area contributed by atoms with Gasteiger partial charge in [-0.2, -0.15) is 0 Å². The summed E-state index contributed by atoms with van der Waals surface area (Å²) in [6.45, 7) is 3.73. The average molecular weight is 377 g/mol. The van der Waals surface area contributed by atoms with E-state index in [1.165, 1.54) is 17.2 Å². The standard InChI is InChI=1S/C23H27N3O2/c1-24-23(28)20-10-7-18(8-11-20)9-12-22(27)25-14-4-15-26-16-13-19-5-2-3-6-21(19)17-26/h2-3,5-12H,4,13-17H2,1H3,(H,24,28)(H,25,27)/b12-9+. The van der Waals surface area contributed by atoms with E-state index in [1.807, 2.05) is 12.1 Å². The molecule has 0 aromatic heterocycles. The van der Waals surface area contributed by atoms with Gasteiger partial charge in [-0.25, -0.2) is 0 Å². The van der Waals surface area contributed by atoms with Crippen LogP contribution in [0.25, 0.3) is 6.08 Å². The Kier molecular flexibility index (Phi) is 6.98. The van der Waals surface area contributed by atoms with Crippen LogP contribution in [-0.4, -0.2) is 43.4 Å². The summed E-state index contributed by atoms with van der Waals surface area (Å²) in [5, 5.41) is 5.52. The minimum Gasteiger partial charge on any atom is -0.355 e. The Hall–Kier alpha value is -2.92. The van der Waals surface area contributed by atoms with E-state index >= 15 is 0 Å². The van der Waals surface area contributed by atoms with Gasteiger partial charge in [0.1, 0.15) is 0 Å². The maximum Gasteiger partial charge on any atom is 0.251 e. The van der Waals surface area contributed by atoms with Gasteiger partial charge in [0.05, 0.1) is 0 Å². The Morgan fingerprint density at radius 2 is 1.82 bits per heavy atom. The quantitative estimate of drug-likeness (QED) is 0.576. The number of fused-ring (bicyclic) bond motifs is 1. The molecule has 5 nitrogen and oxygen atoms in total. The third kappa shape index (κ3) is 5.54. The van der Waals surface area contributed by atoms with Crippen LogP contribution in [0.3, 0.4) is 0 Å². The van der Waals surface area contributed by atoms with Gasteiger partial charge in [0.15, 0.2) is 0 Å². The van der Waals surface area contributed by atoms with Crippen LogP contribution >= 0.6 is 0 Å². The normalized spacial score (nSPS) is 13.9. The maximum atomic E-state index is 12.0. The fraction of sp³-hybridized carbons (Fsp3) is 0.304. The van der Waals surface area contributed by atoms with Crippen LogP contribution < -0.4 is 10.6 Å². The molecular formula is C23H27N3O2. The Morgan fingerprint density at radius 3 is 2.57 bits per heavy atom. The van der Waals surface area contributed by atoms with Gasteiger partial charge in [0.2, 0.25) is 5.91 Å². The van der Waals surface area contributed by atoms with Crippen molar-refractivity contribution in [1.82, 2.24) is 15.5 Å². The third-order valence-electron chi connectivity index (χ3n) is 4.99. The SMILES string of the molecule is CNC(=O)c1ccc(/C=C/C(=O)NCCCN2CCc3ccccc3C2)cc1. The van der Waals surface area contributed by atoms with Gasteiger partial charge in [0.25, 0.3) is 5.91 Å². The number of hydrogen-bond donors (Lipinski definition) is 2. The second kappa shape index (κ2) is 9.85. The van der Waals surface area contributed by atoms with Crippen LogP contribution in [0.4, 0.5) is 0 Å². The zero-order valence-electron chi connectivity index (χ0n) is 16.3. The lowest BCUT2D eigenvalue weighted by Gasteiger charge is -2.28. The molecule has 0 atom stereocenters. The third-order valence-corrected chi connectivity index (χ3v) is 4.99. The Morgan fingerprint density at radius 1 is 1.07 bits per heavy atom. The lowest BCUT2D eigenvalue weighted by Crippen LogP contribution is -2.33. The highest BCUT2D eigenvalue weighted by Crippen LogP contribution is 2.18. The van der Waals surface area contributed by atoms with Crippen molar-refractivity contribution in [3.8, 4) is 0 Å². The lowest BCUT2D eigenvalue weighted by atomic mass is 10.00. The van der Waals surface area contributed by atoms with Crippen LogP contribution in [0.15, 0.2) is 54.6 Å². The molecule has 2 aromatic rings. The van der Waals surface area contributed by atoms with Crippen LogP contribution in [0, 0.1) is 0 Å². The van der Waals surface area contributed by atoms with Gasteiger partial charge in [-0.1, -0.05) is 36.4 Å². The minimum absolute atomic E-state index is 0.0978. The Balaban J connectivity index is 1.37. The Bertz CT molecular complexity index is 843. The average Bonchev–Trinajstić information content (AvgIpc) is 2.75. The molecule has 1 aliphatic heterocycles. The molecule has 1 aliphatic rings. The van der Waals surface area contributed by atoms with Gasteiger partial charge in [-0.05, 0) is 47.7 Å². The van der Waals surface area contributed by atoms with Crippen LogP contribution in [0.2, 0.25) is 0 Å². The summed E-state index contributed by atoms with van der Waals surface area (Å²) in [6.07, 6.45) is 5.32. The van der Waals surface area contributed by atoms with Gasteiger partial charge >= 0.3 is 0 Å². The number of hydrogen-bond acceptors (Lipinski definition) is 3. The number of amides is 2. The zero-order chi connectivity index (χ0) is 19.8. The lowest BCUT2D eigenvalue weighted by molar-refractivity contribution is -0.116. The van der Waals surface area contributed by atoms with Crippen molar-refractivity contribution in [3.63, 3.8) is 0 Å². The molecule has 2 N–H and O–H groups in total. The number of carbonyl (C=O) groups is 2. The predicted molar refractivity (Wildman–Crippen MR) is 112 cm³/mol. The summed E-state index contributed by atoms with van der Waals surface area (Å²) < 4.78 is 0. The van der Waals surface area contributed by atoms with Crippen molar-refractivity contribution >= 4 is 17.9 Å². The maximum absolute atomic E-state index is 12.0. The molecule has 28 heavy (non-hydrogen) atoms. The highest BCUT2D eigenvalue weighted by molar-refractivity contribution is 5.94. The first-order valence-electron chi connectivity index (χ1n) is 9.73. The number of rotatable bonds is 7. The summed E-state index contributed by atoms with van der Waals surface area (Å²) >= 11 is 0. The number of nitrogens with one attached hydrogen (secondary N) is 2. The highest BCUT2D eigenvalue weighted by atomic mass is 16.2. The Labute approximate surface area is 166 Å². The first-order valence-corrected chi connectivity index (χ1v) is 9.73. The van der Waals surface area contributed by atoms with Crippen molar-refractivity contribution in [1.29, 1.82) is 0 Å².